The Balaban J connectivity index is 2.27. The highest BCUT2D eigenvalue weighted by Gasteiger charge is 2.58. The molecular formula is C25H34FN3O6S. The highest BCUT2D eigenvalue weighted by molar-refractivity contribution is 7.95. The number of pyridine rings is 1. The topological polar surface area (TPSA) is 118 Å². The number of aliphatic hydroxyl groups is 1. The molecule has 1 saturated carbocycles. The zero-order valence-electron chi connectivity index (χ0n) is 21.5. The van der Waals surface area contributed by atoms with Crippen molar-refractivity contribution < 1.29 is 27.4 Å². The molecule has 1 heterocycles. The Morgan fingerprint density at radius 1 is 1.28 bits per heavy atom. The number of anilines is 3. The van der Waals surface area contributed by atoms with Crippen molar-refractivity contribution in [2.45, 2.75) is 70.7 Å². The van der Waals surface area contributed by atoms with E-state index in [2.05, 4.69) is 5.32 Å². The van der Waals surface area contributed by atoms with Gasteiger partial charge in [-0.3, -0.25) is 9.36 Å². The van der Waals surface area contributed by atoms with Gasteiger partial charge in [0.2, 0.25) is 10.0 Å². The van der Waals surface area contributed by atoms with Crippen LogP contribution in [0.3, 0.4) is 0 Å². The van der Waals surface area contributed by atoms with Crippen molar-refractivity contribution in [1.29, 1.82) is 0 Å². The van der Waals surface area contributed by atoms with E-state index < -0.39 is 37.8 Å². The Morgan fingerprint density at radius 2 is 1.92 bits per heavy atom. The summed E-state index contributed by atoms with van der Waals surface area (Å²) >= 11 is 0. The molecule has 198 valence electrons. The molecule has 1 amide bonds. The van der Waals surface area contributed by atoms with Gasteiger partial charge in [0.05, 0.1) is 10.4 Å². The lowest BCUT2D eigenvalue weighted by molar-refractivity contribution is 0.0608. The first-order chi connectivity index (χ1) is 16.7. The van der Waals surface area contributed by atoms with Crippen molar-refractivity contribution in [3.05, 3.63) is 51.6 Å². The molecule has 36 heavy (non-hydrogen) atoms. The van der Waals surface area contributed by atoms with Crippen molar-refractivity contribution in [3.8, 4) is 0 Å². The standard InChI is InChI=1S/C25H34FN3O6S/c1-7-17-8-9-19(18(26)15-17)27-21-20(14-16(2)22(31)28(21)6)29(23(32)35-24(3,4)5)36(33,34)25(10-11-25)12-13-30/h8-9,14-15,27,30H,7,10-13H2,1-6H3. The van der Waals surface area contributed by atoms with Gasteiger partial charge in [0.15, 0.2) is 0 Å². The number of sulfonamides is 1. The molecule has 1 aliphatic carbocycles. The number of carbonyl (C=O) groups is 1. The number of ether oxygens (including phenoxy) is 1. The predicted octanol–water partition coefficient (Wildman–Crippen LogP) is 4.13. The minimum atomic E-state index is -4.41. The van der Waals surface area contributed by atoms with Gasteiger partial charge in [0.25, 0.3) is 5.56 Å². The Labute approximate surface area is 210 Å². The van der Waals surface area contributed by atoms with Gasteiger partial charge in [0, 0.05) is 19.2 Å². The Hall–Kier alpha value is -2.92. The number of amides is 1. The van der Waals surface area contributed by atoms with Gasteiger partial charge in [-0.1, -0.05) is 13.0 Å². The SMILES string of the molecule is CCc1ccc(Nc2c(N(C(=O)OC(C)(C)C)S(=O)(=O)C3(CCO)CC3)cc(C)c(=O)n2C)c(F)c1. The van der Waals surface area contributed by atoms with E-state index >= 15 is 0 Å². The highest BCUT2D eigenvalue weighted by Crippen LogP contribution is 2.50. The number of hydrogen-bond donors (Lipinski definition) is 2. The monoisotopic (exact) mass is 523 g/mol. The molecule has 2 N–H and O–H groups in total. The number of nitrogens with one attached hydrogen (secondary N) is 1. The van der Waals surface area contributed by atoms with E-state index in [4.69, 9.17) is 4.74 Å². The van der Waals surface area contributed by atoms with E-state index in [1.807, 2.05) is 6.92 Å². The molecule has 0 spiro atoms. The Kier molecular flexibility index (Phi) is 7.57. The zero-order chi connectivity index (χ0) is 27.1. The molecule has 9 nitrogen and oxygen atoms in total. The third-order valence-corrected chi connectivity index (χ3v) is 8.74. The van der Waals surface area contributed by atoms with E-state index in [1.165, 1.54) is 32.2 Å². The van der Waals surface area contributed by atoms with Crippen LogP contribution in [0.5, 0.6) is 0 Å². The van der Waals surface area contributed by atoms with Crippen LogP contribution in [0.1, 0.15) is 58.1 Å². The number of halogens is 1. The maximum Gasteiger partial charge on any atom is 0.429 e. The van der Waals surface area contributed by atoms with E-state index in [-0.39, 0.29) is 48.6 Å². The summed E-state index contributed by atoms with van der Waals surface area (Å²) in [7, 11) is -3.01. The van der Waals surface area contributed by atoms with Crippen molar-refractivity contribution in [3.63, 3.8) is 0 Å². The molecule has 1 fully saturated rings. The fraction of sp³-hybridized carbons (Fsp3) is 0.520. The summed E-state index contributed by atoms with van der Waals surface area (Å²) in [5.74, 6) is -0.693. The highest BCUT2D eigenvalue weighted by atomic mass is 32.2. The van der Waals surface area contributed by atoms with Gasteiger partial charge in [-0.25, -0.2) is 17.6 Å². The molecule has 0 unspecified atom stereocenters. The second-order valence-corrected chi connectivity index (χ2v) is 12.3. The second kappa shape index (κ2) is 9.85. The van der Waals surface area contributed by atoms with Crippen LogP contribution in [0, 0.1) is 12.7 Å². The van der Waals surface area contributed by atoms with Gasteiger partial charge in [-0.2, -0.15) is 4.31 Å². The Bertz CT molecular complexity index is 1330. The molecule has 1 aromatic heterocycles. The van der Waals surface area contributed by atoms with Gasteiger partial charge in [0.1, 0.15) is 22.9 Å². The van der Waals surface area contributed by atoms with Gasteiger partial charge in [-0.05, 0) is 77.1 Å². The number of hydrogen-bond acceptors (Lipinski definition) is 7. The molecule has 0 atom stereocenters. The fourth-order valence-electron chi connectivity index (χ4n) is 3.99. The molecule has 11 heteroatoms. The minimum absolute atomic E-state index is 0.00494. The van der Waals surface area contributed by atoms with Crippen LogP contribution in [0.2, 0.25) is 0 Å². The van der Waals surface area contributed by atoms with Crippen LogP contribution in [-0.4, -0.2) is 41.1 Å². The number of nitrogens with zero attached hydrogens (tertiary/aromatic N) is 2. The molecule has 1 aliphatic rings. The lowest BCUT2D eigenvalue weighted by Crippen LogP contribution is -2.47. The molecule has 2 aromatic rings. The van der Waals surface area contributed by atoms with Gasteiger partial charge >= 0.3 is 6.09 Å². The normalized spacial score (nSPS) is 14.9. The van der Waals surface area contributed by atoms with Gasteiger partial charge < -0.3 is 15.2 Å². The first-order valence-electron chi connectivity index (χ1n) is 11.8. The third kappa shape index (κ3) is 5.27. The smallest absolute Gasteiger partial charge is 0.429 e. The van der Waals surface area contributed by atoms with Crippen LogP contribution < -0.4 is 15.2 Å². The predicted molar refractivity (Wildman–Crippen MR) is 137 cm³/mol. The molecule has 0 aliphatic heterocycles. The minimum Gasteiger partial charge on any atom is -0.443 e. The first kappa shape index (κ1) is 27.7. The quantitative estimate of drug-likeness (QED) is 0.534. The number of carbonyl (C=O) groups excluding carboxylic acids is 1. The van der Waals surface area contributed by atoms with E-state index in [0.29, 0.717) is 10.7 Å². The van der Waals surface area contributed by atoms with Crippen LogP contribution >= 0.6 is 0 Å². The summed E-state index contributed by atoms with van der Waals surface area (Å²) < 4.78 is 48.5. The lowest BCUT2D eigenvalue weighted by Gasteiger charge is -2.31. The first-order valence-corrected chi connectivity index (χ1v) is 13.3. The molecule has 3 rings (SSSR count). The van der Waals surface area contributed by atoms with E-state index in [9.17, 15) is 27.5 Å². The van der Waals surface area contributed by atoms with Crippen LogP contribution in [0.25, 0.3) is 0 Å². The second-order valence-electron chi connectivity index (χ2n) is 10.1. The number of benzene rings is 1. The van der Waals surface area contributed by atoms with Crippen molar-refractivity contribution in [2.75, 3.05) is 16.2 Å². The van der Waals surface area contributed by atoms with Crippen molar-refractivity contribution >= 4 is 33.3 Å². The number of aliphatic hydroxyl groups excluding tert-OH is 1. The van der Waals surface area contributed by atoms with E-state index in [1.54, 1.807) is 26.8 Å². The summed E-state index contributed by atoms with van der Waals surface area (Å²) in [4.78, 5) is 26.2. The third-order valence-electron chi connectivity index (χ3n) is 6.21. The Morgan fingerprint density at radius 3 is 2.42 bits per heavy atom. The zero-order valence-corrected chi connectivity index (χ0v) is 22.3. The summed E-state index contributed by atoms with van der Waals surface area (Å²) in [6.07, 6.45) is -0.0844. The van der Waals surface area contributed by atoms with Crippen LogP contribution in [-0.2, 0) is 28.2 Å². The largest absolute Gasteiger partial charge is 0.443 e. The maximum atomic E-state index is 14.9. The summed E-state index contributed by atoms with van der Waals surface area (Å²) in [6, 6.07) is 5.82. The average Bonchev–Trinajstić information content (AvgIpc) is 3.56. The van der Waals surface area contributed by atoms with Crippen molar-refractivity contribution in [1.82, 2.24) is 4.57 Å². The van der Waals surface area contributed by atoms with Crippen molar-refractivity contribution in [2.24, 2.45) is 7.05 Å². The fourth-order valence-corrected chi connectivity index (χ4v) is 5.97. The molecule has 0 radical (unpaired) electrons. The van der Waals surface area contributed by atoms with Crippen LogP contribution in [0.15, 0.2) is 29.1 Å². The molecule has 0 saturated heterocycles. The number of rotatable bonds is 8. The summed E-state index contributed by atoms with van der Waals surface area (Å²) in [6.45, 7) is 7.80. The summed E-state index contributed by atoms with van der Waals surface area (Å²) in [5, 5.41) is 12.4. The lowest BCUT2D eigenvalue weighted by atomic mass is 10.1. The van der Waals surface area contributed by atoms with E-state index in [0.717, 1.165) is 10.1 Å². The maximum absolute atomic E-state index is 14.9. The summed E-state index contributed by atoms with van der Waals surface area (Å²) in [5.41, 5.74) is -0.712. The number of aromatic nitrogens is 1. The van der Waals surface area contributed by atoms with Gasteiger partial charge in [-0.15, -0.1) is 0 Å². The average molecular weight is 524 g/mol. The number of aryl methyl sites for hydroxylation is 2. The van der Waals surface area contributed by atoms with Crippen LogP contribution in [0.4, 0.5) is 26.4 Å². The molecule has 1 aromatic carbocycles. The molecular weight excluding hydrogens is 489 g/mol. The molecule has 0 bridgehead atoms.